The predicted molar refractivity (Wildman–Crippen MR) is 62.8 cm³/mol. The first kappa shape index (κ1) is 14.4. The predicted octanol–water partition coefficient (Wildman–Crippen LogP) is 0.995. The van der Waals surface area contributed by atoms with Gasteiger partial charge in [0.2, 0.25) is 5.89 Å². The van der Waals surface area contributed by atoms with Crippen LogP contribution in [0.25, 0.3) is 0 Å². The van der Waals surface area contributed by atoms with Crippen LogP contribution in [0.2, 0.25) is 0 Å². The largest absolute Gasteiger partial charge is 0.437 e. The third kappa shape index (κ3) is 3.09. The summed E-state index contributed by atoms with van der Waals surface area (Å²) in [6.45, 7) is -0.222. The van der Waals surface area contributed by atoms with Gasteiger partial charge in [-0.2, -0.15) is 4.68 Å². The molecule has 0 aliphatic rings. The summed E-state index contributed by atoms with van der Waals surface area (Å²) in [4.78, 5) is 11.4. The number of ether oxygens (including phenoxy) is 1. The number of hydrogen-bond acceptors (Lipinski definition) is 5. The molecular formula is C12H12F2N2O4. The molecule has 0 aliphatic heterocycles. The van der Waals surface area contributed by atoms with Gasteiger partial charge < -0.3 is 14.3 Å². The minimum Gasteiger partial charge on any atom is -0.390 e. The number of aromatic nitrogens is 2. The molecule has 2 aromatic rings. The Labute approximate surface area is 112 Å². The molecule has 6 nitrogen and oxygen atoms in total. The molecule has 0 bridgehead atoms. The van der Waals surface area contributed by atoms with Crippen LogP contribution < -0.4 is 5.76 Å². The molecule has 1 atom stereocenters. The van der Waals surface area contributed by atoms with Gasteiger partial charge in [0, 0.05) is 7.11 Å². The maximum atomic E-state index is 13.1. The molecule has 0 spiro atoms. The van der Waals surface area contributed by atoms with Gasteiger partial charge in [-0.15, -0.1) is 5.10 Å². The highest BCUT2D eigenvalue weighted by atomic mass is 19.2. The average molecular weight is 286 g/mol. The third-order valence-electron chi connectivity index (χ3n) is 2.59. The summed E-state index contributed by atoms with van der Waals surface area (Å²) in [6, 6.07) is 2.99. The van der Waals surface area contributed by atoms with Crippen molar-refractivity contribution in [2.24, 2.45) is 0 Å². The summed E-state index contributed by atoms with van der Waals surface area (Å²) in [7, 11) is 1.41. The minimum atomic E-state index is -1.22. The van der Waals surface area contributed by atoms with Crippen molar-refractivity contribution in [1.82, 2.24) is 9.78 Å². The van der Waals surface area contributed by atoms with Crippen LogP contribution in [0, 0.1) is 11.6 Å². The van der Waals surface area contributed by atoms with E-state index in [0.29, 0.717) is 0 Å². The van der Waals surface area contributed by atoms with Crippen LogP contribution in [0.4, 0.5) is 8.78 Å². The zero-order valence-electron chi connectivity index (χ0n) is 10.5. The van der Waals surface area contributed by atoms with Gasteiger partial charge in [-0.25, -0.2) is 13.6 Å². The maximum absolute atomic E-state index is 13.1. The van der Waals surface area contributed by atoms with E-state index in [1.165, 1.54) is 13.2 Å². The van der Waals surface area contributed by atoms with Crippen molar-refractivity contribution < 1.29 is 23.0 Å². The number of aliphatic hydroxyl groups is 1. The first-order chi connectivity index (χ1) is 9.51. The van der Waals surface area contributed by atoms with E-state index in [4.69, 9.17) is 9.15 Å². The molecule has 1 N–H and O–H groups in total. The fourth-order valence-corrected chi connectivity index (χ4v) is 1.64. The first-order valence-electron chi connectivity index (χ1n) is 5.70. The van der Waals surface area contributed by atoms with Crippen LogP contribution in [-0.4, -0.2) is 22.0 Å². The van der Waals surface area contributed by atoms with Crippen molar-refractivity contribution >= 4 is 0 Å². The standard InChI is InChI=1S/C12H12F2N2O4/c1-19-6-11-15-16(12(18)20-11)5-10(17)7-2-3-8(13)9(14)4-7/h2-4,10,17H,5-6H2,1H3. The van der Waals surface area contributed by atoms with Gasteiger partial charge in [0.25, 0.3) is 0 Å². The van der Waals surface area contributed by atoms with Crippen molar-refractivity contribution in [2.75, 3.05) is 7.11 Å². The summed E-state index contributed by atoms with van der Waals surface area (Å²) in [5.41, 5.74) is 0.132. The Bertz CT molecular complexity index is 653. The van der Waals surface area contributed by atoms with Crippen LogP contribution >= 0.6 is 0 Å². The highest BCUT2D eigenvalue weighted by molar-refractivity contribution is 5.19. The van der Waals surface area contributed by atoms with Crippen molar-refractivity contribution in [3.63, 3.8) is 0 Å². The molecule has 8 heteroatoms. The van der Waals surface area contributed by atoms with Gasteiger partial charge in [0.05, 0.1) is 12.6 Å². The molecule has 1 aromatic carbocycles. The van der Waals surface area contributed by atoms with E-state index in [2.05, 4.69) is 5.10 Å². The number of halogens is 2. The second-order valence-electron chi connectivity index (χ2n) is 4.07. The summed E-state index contributed by atoms with van der Waals surface area (Å²) in [6.07, 6.45) is -1.22. The average Bonchev–Trinajstić information content (AvgIpc) is 2.73. The third-order valence-corrected chi connectivity index (χ3v) is 2.59. The Morgan fingerprint density at radius 3 is 2.85 bits per heavy atom. The Morgan fingerprint density at radius 2 is 2.20 bits per heavy atom. The minimum absolute atomic E-state index is 0.0174. The van der Waals surface area contributed by atoms with Gasteiger partial charge in [-0.05, 0) is 17.7 Å². The zero-order chi connectivity index (χ0) is 14.7. The fraction of sp³-hybridized carbons (Fsp3) is 0.333. The molecule has 0 radical (unpaired) electrons. The molecule has 0 fully saturated rings. The lowest BCUT2D eigenvalue weighted by molar-refractivity contribution is 0.147. The van der Waals surface area contributed by atoms with Gasteiger partial charge in [0.15, 0.2) is 11.6 Å². The Balaban J connectivity index is 2.16. The molecule has 1 aromatic heterocycles. The number of benzene rings is 1. The number of nitrogens with zero attached hydrogens (tertiary/aromatic N) is 2. The summed E-state index contributed by atoms with van der Waals surface area (Å²) < 4.78 is 36.2. The molecule has 0 aliphatic carbocycles. The van der Waals surface area contributed by atoms with Crippen molar-refractivity contribution in [2.45, 2.75) is 19.3 Å². The Hall–Kier alpha value is -2.06. The van der Waals surface area contributed by atoms with Gasteiger partial charge in [-0.3, -0.25) is 0 Å². The summed E-state index contributed by atoms with van der Waals surface area (Å²) in [5.74, 6) is -2.79. The van der Waals surface area contributed by atoms with E-state index in [9.17, 15) is 18.7 Å². The smallest absolute Gasteiger partial charge is 0.390 e. The molecule has 1 unspecified atom stereocenters. The molecule has 1 heterocycles. The van der Waals surface area contributed by atoms with Crippen LogP contribution in [-0.2, 0) is 17.9 Å². The molecule has 20 heavy (non-hydrogen) atoms. The normalized spacial score (nSPS) is 12.6. The fourth-order valence-electron chi connectivity index (χ4n) is 1.64. The lowest BCUT2D eigenvalue weighted by Gasteiger charge is -2.10. The number of aliphatic hydroxyl groups excluding tert-OH is 1. The maximum Gasteiger partial charge on any atom is 0.437 e. The topological polar surface area (TPSA) is 77.5 Å². The van der Waals surface area contributed by atoms with Crippen LogP contribution in [0.5, 0.6) is 0 Å². The van der Waals surface area contributed by atoms with Gasteiger partial charge in [0.1, 0.15) is 6.61 Å². The van der Waals surface area contributed by atoms with Gasteiger partial charge in [-0.1, -0.05) is 6.07 Å². The second-order valence-corrected chi connectivity index (χ2v) is 4.07. The Kier molecular flexibility index (Phi) is 4.26. The lowest BCUT2D eigenvalue weighted by atomic mass is 10.1. The van der Waals surface area contributed by atoms with Crippen molar-refractivity contribution in [1.29, 1.82) is 0 Å². The summed E-state index contributed by atoms with van der Waals surface area (Å²) >= 11 is 0. The van der Waals surface area contributed by atoms with Crippen LogP contribution in [0.1, 0.15) is 17.6 Å². The van der Waals surface area contributed by atoms with Crippen molar-refractivity contribution in [3.05, 3.63) is 51.8 Å². The van der Waals surface area contributed by atoms with E-state index in [-0.39, 0.29) is 24.6 Å². The van der Waals surface area contributed by atoms with E-state index in [1.807, 2.05) is 0 Å². The van der Waals surface area contributed by atoms with E-state index < -0.39 is 23.5 Å². The molecule has 0 saturated carbocycles. The SMILES string of the molecule is COCc1nn(CC(O)c2ccc(F)c(F)c2)c(=O)o1. The second kappa shape index (κ2) is 5.93. The molecule has 0 saturated heterocycles. The number of methoxy groups -OCH3 is 1. The Morgan fingerprint density at radius 1 is 1.45 bits per heavy atom. The highest BCUT2D eigenvalue weighted by Gasteiger charge is 2.15. The van der Waals surface area contributed by atoms with E-state index in [0.717, 1.165) is 16.8 Å². The molecule has 108 valence electrons. The van der Waals surface area contributed by atoms with Crippen LogP contribution in [0.15, 0.2) is 27.4 Å². The first-order valence-corrected chi connectivity index (χ1v) is 5.70. The lowest BCUT2D eigenvalue weighted by Crippen LogP contribution is -2.20. The van der Waals surface area contributed by atoms with Crippen LogP contribution in [0.3, 0.4) is 0 Å². The van der Waals surface area contributed by atoms with Gasteiger partial charge >= 0.3 is 5.76 Å². The van der Waals surface area contributed by atoms with Crippen molar-refractivity contribution in [3.8, 4) is 0 Å². The number of hydrogen-bond donors (Lipinski definition) is 1. The summed E-state index contributed by atoms with van der Waals surface area (Å²) in [5, 5.41) is 13.7. The van der Waals surface area contributed by atoms with E-state index >= 15 is 0 Å². The molecular weight excluding hydrogens is 274 g/mol. The zero-order valence-corrected chi connectivity index (χ0v) is 10.5. The quantitative estimate of drug-likeness (QED) is 0.887. The molecule has 0 amide bonds. The monoisotopic (exact) mass is 286 g/mol. The molecule has 2 rings (SSSR count). The number of rotatable bonds is 5. The van der Waals surface area contributed by atoms with E-state index in [1.54, 1.807) is 0 Å². The highest BCUT2D eigenvalue weighted by Crippen LogP contribution is 2.17.